The highest BCUT2D eigenvalue weighted by Gasteiger charge is 2.46. The van der Waals surface area contributed by atoms with E-state index in [0.717, 1.165) is 5.56 Å². The molecule has 1 fully saturated rings. The molecule has 1 aromatic rings. The topological polar surface area (TPSA) is 38.3 Å². The molecule has 0 aliphatic carbocycles. The van der Waals surface area contributed by atoms with Crippen molar-refractivity contribution in [3.05, 3.63) is 35.9 Å². The molecule has 1 aliphatic rings. The molecule has 1 heterocycles. The Balaban J connectivity index is 2.16. The van der Waals surface area contributed by atoms with E-state index >= 15 is 0 Å². The van der Waals surface area contributed by atoms with Crippen molar-refractivity contribution in [1.29, 1.82) is 0 Å². The lowest BCUT2D eigenvalue weighted by molar-refractivity contribution is -0.123. The average Bonchev–Trinajstić information content (AvgIpc) is 2.61. The molecule has 1 N–H and O–H groups in total. The van der Waals surface area contributed by atoms with Crippen molar-refractivity contribution in [1.82, 2.24) is 5.32 Å². The van der Waals surface area contributed by atoms with Crippen LogP contribution >= 0.6 is 34.8 Å². The summed E-state index contributed by atoms with van der Waals surface area (Å²) in [5, 5.41) is 2.61. The first-order valence-corrected chi connectivity index (χ1v) is 5.69. The van der Waals surface area contributed by atoms with Gasteiger partial charge in [-0.25, -0.2) is 0 Å². The fourth-order valence-corrected chi connectivity index (χ4v) is 1.90. The van der Waals surface area contributed by atoms with Crippen LogP contribution in [-0.4, -0.2) is 15.8 Å². The Hall–Kier alpha value is -0.480. The normalized spacial score (nSPS) is 25.6. The first-order valence-electron chi connectivity index (χ1n) is 4.56. The summed E-state index contributed by atoms with van der Waals surface area (Å²) in [4.78, 5) is 11.5. The van der Waals surface area contributed by atoms with E-state index < -0.39 is 22.0 Å². The smallest absolute Gasteiger partial charge is 0.255 e. The highest BCUT2D eigenvalue weighted by molar-refractivity contribution is 6.68. The molecule has 0 saturated carbocycles. The Morgan fingerprint density at radius 1 is 1.19 bits per heavy atom. The molecule has 1 saturated heterocycles. The van der Waals surface area contributed by atoms with Gasteiger partial charge in [0.05, 0.1) is 0 Å². The molecule has 0 bridgehead atoms. The third-order valence-electron chi connectivity index (χ3n) is 2.18. The second kappa shape index (κ2) is 4.41. The Kier molecular flexibility index (Phi) is 3.31. The maximum atomic E-state index is 11.5. The third-order valence-corrected chi connectivity index (χ3v) is 2.78. The van der Waals surface area contributed by atoms with Gasteiger partial charge in [0.2, 0.25) is 3.79 Å². The highest BCUT2D eigenvalue weighted by Crippen LogP contribution is 2.37. The summed E-state index contributed by atoms with van der Waals surface area (Å²) in [5.41, 5.74) is 0.813. The van der Waals surface area contributed by atoms with Gasteiger partial charge in [0, 0.05) is 5.56 Å². The number of rotatable bonds is 1. The molecule has 1 amide bonds. The van der Waals surface area contributed by atoms with E-state index in [1.54, 1.807) is 0 Å². The summed E-state index contributed by atoms with van der Waals surface area (Å²) in [6.07, 6.45) is -1.64. The minimum Gasteiger partial charge on any atom is -0.337 e. The van der Waals surface area contributed by atoms with E-state index in [1.165, 1.54) is 0 Å². The lowest BCUT2D eigenvalue weighted by Gasteiger charge is -2.17. The molecule has 2 rings (SSSR count). The maximum Gasteiger partial charge on any atom is 0.255 e. The Morgan fingerprint density at radius 2 is 1.81 bits per heavy atom. The first kappa shape index (κ1) is 12.0. The van der Waals surface area contributed by atoms with E-state index in [4.69, 9.17) is 39.5 Å². The number of nitrogens with one attached hydrogen (secondary N) is 1. The van der Waals surface area contributed by atoms with Crippen LogP contribution in [0, 0.1) is 0 Å². The van der Waals surface area contributed by atoms with E-state index in [1.807, 2.05) is 30.3 Å². The summed E-state index contributed by atoms with van der Waals surface area (Å²) in [7, 11) is 0. The van der Waals surface area contributed by atoms with Crippen molar-refractivity contribution < 1.29 is 9.53 Å². The van der Waals surface area contributed by atoms with Gasteiger partial charge in [0.15, 0.2) is 12.3 Å². The lowest BCUT2D eigenvalue weighted by atomic mass is 10.2. The van der Waals surface area contributed by atoms with Gasteiger partial charge in [-0.3, -0.25) is 4.79 Å². The van der Waals surface area contributed by atoms with Crippen molar-refractivity contribution in [2.75, 3.05) is 0 Å². The first-order chi connectivity index (χ1) is 7.48. The van der Waals surface area contributed by atoms with Gasteiger partial charge in [-0.15, -0.1) is 0 Å². The second-order valence-corrected chi connectivity index (χ2v) is 5.73. The number of carbonyl (C=O) groups excluding carboxylic acids is 1. The van der Waals surface area contributed by atoms with Crippen molar-refractivity contribution in [2.45, 2.75) is 16.1 Å². The fraction of sp³-hybridized carbons (Fsp3) is 0.300. The minimum atomic E-state index is -1.76. The molecule has 1 aliphatic heterocycles. The van der Waals surface area contributed by atoms with Crippen LogP contribution in [-0.2, 0) is 9.53 Å². The predicted octanol–water partition coefficient (Wildman–Crippen LogP) is 2.57. The summed E-state index contributed by atoms with van der Waals surface area (Å²) < 4.78 is 3.61. The number of amides is 1. The van der Waals surface area contributed by atoms with E-state index in [9.17, 15) is 4.79 Å². The molecule has 3 nitrogen and oxygen atoms in total. The minimum absolute atomic E-state index is 0.422. The van der Waals surface area contributed by atoms with Gasteiger partial charge < -0.3 is 10.1 Å². The molecule has 1 aromatic carbocycles. The molecule has 0 spiro atoms. The van der Waals surface area contributed by atoms with Gasteiger partial charge in [-0.1, -0.05) is 65.1 Å². The van der Waals surface area contributed by atoms with Crippen molar-refractivity contribution in [3.63, 3.8) is 0 Å². The summed E-state index contributed by atoms with van der Waals surface area (Å²) in [6.45, 7) is 0. The third kappa shape index (κ3) is 2.43. The van der Waals surface area contributed by atoms with Gasteiger partial charge >= 0.3 is 0 Å². The van der Waals surface area contributed by atoms with Crippen molar-refractivity contribution in [2.24, 2.45) is 0 Å². The van der Waals surface area contributed by atoms with Crippen LogP contribution in [0.25, 0.3) is 0 Å². The molecular weight excluding hydrogens is 272 g/mol. The number of hydrogen-bond acceptors (Lipinski definition) is 2. The Bertz CT molecular complexity index is 391. The number of halogens is 3. The van der Waals surface area contributed by atoms with Crippen LogP contribution < -0.4 is 5.32 Å². The van der Waals surface area contributed by atoms with Gasteiger partial charge in [0.25, 0.3) is 5.91 Å². The van der Waals surface area contributed by atoms with Crippen LogP contribution in [0.3, 0.4) is 0 Å². The number of alkyl halides is 3. The fourth-order valence-electron chi connectivity index (χ4n) is 1.45. The average molecular weight is 281 g/mol. The monoisotopic (exact) mass is 279 g/mol. The van der Waals surface area contributed by atoms with Crippen LogP contribution in [0.2, 0.25) is 0 Å². The highest BCUT2D eigenvalue weighted by atomic mass is 35.6. The molecule has 16 heavy (non-hydrogen) atoms. The number of carbonyl (C=O) groups is 1. The second-order valence-electron chi connectivity index (χ2n) is 3.36. The molecule has 86 valence electrons. The Labute approximate surface area is 108 Å². The molecule has 6 heteroatoms. The number of benzene rings is 1. The summed E-state index contributed by atoms with van der Waals surface area (Å²) >= 11 is 16.9. The van der Waals surface area contributed by atoms with E-state index in [0.29, 0.717) is 0 Å². The largest absolute Gasteiger partial charge is 0.337 e. The Morgan fingerprint density at radius 3 is 2.31 bits per heavy atom. The molecule has 0 unspecified atom stereocenters. The van der Waals surface area contributed by atoms with Crippen LogP contribution in [0.4, 0.5) is 0 Å². The number of hydrogen-bond donors (Lipinski definition) is 1. The SMILES string of the molecule is O=C1N[C@H](c2ccccc2)O[C@H]1C(Cl)(Cl)Cl. The number of ether oxygens (including phenoxy) is 1. The van der Waals surface area contributed by atoms with Gasteiger partial charge in [0.1, 0.15) is 0 Å². The van der Waals surface area contributed by atoms with Crippen LogP contribution in [0.1, 0.15) is 11.8 Å². The quantitative estimate of drug-likeness (QED) is 0.803. The van der Waals surface area contributed by atoms with E-state index in [-0.39, 0.29) is 0 Å². The van der Waals surface area contributed by atoms with Crippen molar-refractivity contribution >= 4 is 40.7 Å². The van der Waals surface area contributed by atoms with Gasteiger partial charge in [-0.05, 0) is 0 Å². The predicted molar refractivity (Wildman–Crippen MR) is 62.5 cm³/mol. The van der Waals surface area contributed by atoms with Gasteiger partial charge in [-0.2, -0.15) is 0 Å². The lowest BCUT2D eigenvalue weighted by Crippen LogP contribution is -2.34. The molecule has 0 radical (unpaired) electrons. The molecular formula is C10H8Cl3NO2. The summed E-state index contributed by atoms with van der Waals surface area (Å²) in [5.74, 6) is -0.422. The zero-order valence-corrected chi connectivity index (χ0v) is 10.3. The maximum absolute atomic E-state index is 11.5. The van der Waals surface area contributed by atoms with Crippen LogP contribution in [0.15, 0.2) is 30.3 Å². The zero-order valence-electron chi connectivity index (χ0n) is 7.99. The van der Waals surface area contributed by atoms with Crippen LogP contribution in [0.5, 0.6) is 0 Å². The standard InChI is InChI=1S/C10H8Cl3NO2/c11-10(12,13)7-8(15)14-9(16-7)6-4-2-1-3-5-6/h1-5,7,9H,(H,14,15)/t7-,9+/m1/s1. The zero-order chi connectivity index (χ0) is 11.8. The molecule has 2 atom stereocenters. The summed E-state index contributed by atoms with van der Waals surface area (Å²) in [6, 6.07) is 9.20. The molecule has 0 aromatic heterocycles. The van der Waals surface area contributed by atoms with Crippen molar-refractivity contribution in [3.8, 4) is 0 Å². The van der Waals surface area contributed by atoms with E-state index in [2.05, 4.69) is 5.32 Å².